The number of amides is 1. The number of aryl methyl sites for hydroxylation is 1. The summed E-state index contributed by atoms with van der Waals surface area (Å²) in [6.07, 6.45) is 2.39. The predicted octanol–water partition coefficient (Wildman–Crippen LogP) is 1.84. The van der Waals surface area contributed by atoms with E-state index in [0.29, 0.717) is 13.0 Å². The first-order valence-electron chi connectivity index (χ1n) is 7.80. The Kier molecular flexibility index (Phi) is 5.18. The zero-order chi connectivity index (χ0) is 17.8. The van der Waals surface area contributed by atoms with Gasteiger partial charge in [0.2, 0.25) is 0 Å². The van der Waals surface area contributed by atoms with Crippen LogP contribution in [0.1, 0.15) is 23.0 Å². The normalized spacial score (nSPS) is 16.2. The second kappa shape index (κ2) is 7.52. The first kappa shape index (κ1) is 17.2. The summed E-state index contributed by atoms with van der Waals surface area (Å²) in [6, 6.07) is 9.16. The van der Waals surface area contributed by atoms with E-state index in [0.717, 1.165) is 10.5 Å². The largest absolute Gasteiger partial charge is 0.362 e. The molecule has 1 aliphatic heterocycles. The van der Waals surface area contributed by atoms with Crippen molar-refractivity contribution in [1.29, 1.82) is 0 Å². The fraction of sp³-hybridized carbons (Fsp3) is 0.235. The molecule has 2 aromatic rings. The molecule has 3 rings (SSSR count). The molecule has 1 atom stereocenters. The molecule has 1 unspecified atom stereocenters. The van der Waals surface area contributed by atoms with Gasteiger partial charge >= 0.3 is 0 Å². The van der Waals surface area contributed by atoms with Crippen LogP contribution in [0.4, 0.5) is 4.39 Å². The van der Waals surface area contributed by atoms with Crippen LogP contribution in [0, 0.1) is 5.82 Å². The number of rotatable bonds is 5. The molecule has 0 saturated carbocycles. The van der Waals surface area contributed by atoms with Crippen LogP contribution in [-0.2, 0) is 13.0 Å². The number of allylic oxidation sites excluding steroid dienone is 1. The lowest BCUT2D eigenvalue weighted by molar-refractivity contribution is 0.0940. The molecule has 0 bridgehead atoms. The minimum absolute atomic E-state index is 0.183. The molecular formula is C17H17FN4O2S. The maximum Gasteiger partial charge on any atom is 0.273 e. The fourth-order valence-electron chi connectivity index (χ4n) is 2.39. The third-order valence-electron chi connectivity index (χ3n) is 3.59. The summed E-state index contributed by atoms with van der Waals surface area (Å²) < 4.78 is 14.5. The van der Waals surface area contributed by atoms with Crippen LogP contribution in [0.2, 0.25) is 0 Å². The van der Waals surface area contributed by atoms with Gasteiger partial charge in [-0.3, -0.25) is 9.59 Å². The zero-order valence-electron chi connectivity index (χ0n) is 13.5. The van der Waals surface area contributed by atoms with E-state index in [1.165, 1.54) is 40.7 Å². The third kappa shape index (κ3) is 4.27. The first-order valence-corrected chi connectivity index (χ1v) is 8.68. The van der Waals surface area contributed by atoms with Gasteiger partial charge in [0.1, 0.15) is 11.5 Å². The van der Waals surface area contributed by atoms with Crippen molar-refractivity contribution in [3.8, 4) is 0 Å². The van der Waals surface area contributed by atoms with E-state index < -0.39 is 0 Å². The van der Waals surface area contributed by atoms with Gasteiger partial charge in [0, 0.05) is 30.1 Å². The number of carbonyl (C=O) groups excluding carboxylic acids is 1. The van der Waals surface area contributed by atoms with Crippen molar-refractivity contribution in [2.45, 2.75) is 25.4 Å². The molecule has 8 heteroatoms. The maximum absolute atomic E-state index is 13.2. The number of halogens is 1. The van der Waals surface area contributed by atoms with E-state index in [1.807, 2.05) is 6.07 Å². The Morgan fingerprint density at radius 2 is 2.24 bits per heavy atom. The average Bonchev–Trinajstić information content (AvgIpc) is 3.02. The van der Waals surface area contributed by atoms with E-state index in [-0.39, 0.29) is 28.5 Å². The number of aromatic nitrogens is 2. The molecule has 130 valence electrons. The Balaban J connectivity index is 1.58. The number of benzene rings is 1. The summed E-state index contributed by atoms with van der Waals surface area (Å²) in [7, 11) is 0. The molecule has 1 amide bonds. The molecule has 6 nitrogen and oxygen atoms in total. The molecule has 0 fully saturated rings. The lowest BCUT2D eigenvalue weighted by Gasteiger charge is -2.13. The molecule has 1 aromatic carbocycles. The Bertz CT molecular complexity index is 881. The highest BCUT2D eigenvalue weighted by atomic mass is 32.2. The smallest absolute Gasteiger partial charge is 0.273 e. The zero-order valence-corrected chi connectivity index (χ0v) is 14.3. The molecule has 1 aromatic heterocycles. The van der Waals surface area contributed by atoms with Crippen molar-refractivity contribution in [3.63, 3.8) is 0 Å². The Labute approximate surface area is 148 Å². The van der Waals surface area contributed by atoms with Crippen LogP contribution >= 0.6 is 11.8 Å². The van der Waals surface area contributed by atoms with Crippen LogP contribution < -0.4 is 16.2 Å². The Morgan fingerprint density at radius 3 is 3.00 bits per heavy atom. The lowest BCUT2D eigenvalue weighted by atomic mass is 10.1. The van der Waals surface area contributed by atoms with E-state index in [2.05, 4.69) is 15.7 Å². The molecule has 1 aliphatic rings. The number of thioether (sulfide) groups is 1. The Hall–Kier alpha value is -2.61. The van der Waals surface area contributed by atoms with Gasteiger partial charge in [-0.1, -0.05) is 23.9 Å². The number of nitrogens with one attached hydrogen (secondary N) is 2. The summed E-state index contributed by atoms with van der Waals surface area (Å²) in [4.78, 5) is 24.8. The molecular weight excluding hydrogens is 343 g/mol. The van der Waals surface area contributed by atoms with Crippen molar-refractivity contribution >= 4 is 17.7 Å². The third-order valence-corrected chi connectivity index (χ3v) is 4.65. The molecule has 0 saturated heterocycles. The SMILES string of the molecule is CCn1nc(C(=O)NC2NC=C(Cc3cccc(F)c3)S2)ccc1=O. The average molecular weight is 360 g/mol. The van der Waals surface area contributed by atoms with Crippen molar-refractivity contribution in [3.05, 3.63) is 74.9 Å². The molecule has 0 spiro atoms. The maximum atomic E-state index is 13.2. The van der Waals surface area contributed by atoms with Gasteiger partial charge in [-0.2, -0.15) is 5.10 Å². The number of hydrogen-bond acceptors (Lipinski definition) is 5. The first-order chi connectivity index (χ1) is 12.0. The van der Waals surface area contributed by atoms with E-state index in [4.69, 9.17) is 0 Å². The van der Waals surface area contributed by atoms with Gasteiger partial charge < -0.3 is 10.6 Å². The number of nitrogens with zero attached hydrogens (tertiary/aromatic N) is 2. The van der Waals surface area contributed by atoms with Gasteiger partial charge in [-0.05, 0) is 30.7 Å². The highest BCUT2D eigenvalue weighted by molar-refractivity contribution is 8.03. The lowest BCUT2D eigenvalue weighted by Crippen LogP contribution is -2.39. The fourth-order valence-corrected chi connectivity index (χ4v) is 3.38. The van der Waals surface area contributed by atoms with Crippen molar-refractivity contribution in [2.24, 2.45) is 0 Å². The number of hydrogen-bond donors (Lipinski definition) is 2. The Morgan fingerprint density at radius 1 is 1.40 bits per heavy atom. The topological polar surface area (TPSA) is 76.0 Å². The highest BCUT2D eigenvalue weighted by Gasteiger charge is 2.21. The highest BCUT2D eigenvalue weighted by Crippen LogP contribution is 2.27. The van der Waals surface area contributed by atoms with Crippen molar-refractivity contribution in [2.75, 3.05) is 0 Å². The van der Waals surface area contributed by atoms with E-state index in [1.54, 1.807) is 19.2 Å². The minimum Gasteiger partial charge on any atom is -0.362 e. The van der Waals surface area contributed by atoms with Gasteiger partial charge in [-0.25, -0.2) is 9.07 Å². The molecule has 2 N–H and O–H groups in total. The van der Waals surface area contributed by atoms with Gasteiger partial charge in [-0.15, -0.1) is 0 Å². The van der Waals surface area contributed by atoms with Crippen LogP contribution in [0.15, 0.2) is 52.3 Å². The summed E-state index contributed by atoms with van der Waals surface area (Å²) in [5.41, 5.74) is 0.470. The van der Waals surface area contributed by atoms with Crippen LogP contribution in [0.3, 0.4) is 0 Å². The van der Waals surface area contributed by atoms with E-state index in [9.17, 15) is 14.0 Å². The summed E-state index contributed by atoms with van der Waals surface area (Å²) >= 11 is 1.45. The summed E-state index contributed by atoms with van der Waals surface area (Å²) in [5.74, 6) is -0.636. The predicted molar refractivity (Wildman–Crippen MR) is 94.3 cm³/mol. The molecule has 25 heavy (non-hydrogen) atoms. The van der Waals surface area contributed by atoms with Crippen LogP contribution in [-0.4, -0.2) is 21.2 Å². The minimum atomic E-state index is -0.368. The van der Waals surface area contributed by atoms with Crippen molar-refractivity contribution < 1.29 is 9.18 Å². The quantitative estimate of drug-likeness (QED) is 0.851. The number of carbonyl (C=O) groups is 1. The second-order valence-electron chi connectivity index (χ2n) is 5.43. The summed E-state index contributed by atoms with van der Waals surface area (Å²) in [6.45, 7) is 2.18. The van der Waals surface area contributed by atoms with Gasteiger partial charge in [0.25, 0.3) is 11.5 Å². The van der Waals surface area contributed by atoms with Crippen molar-refractivity contribution in [1.82, 2.24) is 20.4 Å². The van der Waals surface area contributed by atoms with Gasteiger partial charge in [0.05, 0.1) is 0 Å². The molecule has 0 radical (unpaired) electrons. The standard InChI is InChI=1S/C17H17FN4O2S/c1-2-22-15(23)7-6-14(21-22)16(24)20-17-19-10-13(25-17)9-11-4-3-5-12(18)8-11/h3-8,10,17,19H,2,9H2,1H3,(H,20,24). The monoisotopic (exact) mass is 360 g/mol. The summed E-state index contributed by atoms with van der Waals surface area (Å²) in [5, 5.41) is 9.89. The van der Waals surface area contributed by atoms with Crippen LogP contribution in [0.25, 0.3) is 0 Å². The second-order valence-corrected chi connectivity index (χ2v) is 6.66. The van der Waals surface area contributed by atoms with Gasteiger partial charge in [0.15, 0.2) is 5.50 Å². The molecule has 0 aliphatic carbocycles. The van der Waals surface area contributed by atoms with Crippen LogP contribution in [0.5, 0.6) is 0 Å². The molecule has 2 heterocycles. The van der Waals surface area contributed by atoms with E-state index >= 15 is 0 Å².